The van der Waals surface area contributed by atoms with E-state index in [1.165, 1.54) is 0 Å². The van der Waals surface area contributed by atoms with Gasteiger partial charge in [-0.15, -0.1) is 5.10 Å². The van der Waals surface area contributed by atoms with Crippen LogP contribution in [-0.4, -0.2) is 47.6 Å². The van der Waals surface area contributed by atoms with Crippen LogP contribution in [0.15, 0.2) is 12.1 Å². The third-order valence-corrected chi connectivity index (χ3v) is 4.86. The number of aromatic nitrogens is 2. The molecule has 1 aliphatic rings. The molecular formula is C10H14ClN3O2S. The summed E-state index contributed by atoms with van der Waals surface area (Å²) in [6, 6.07) is 3.52. The van der Waals surface area contributed by atoms with Crippen molar-refractivity contribution in [3.05, 3.63) is 23.0 Å². The van der Waals surface area contributed by atoms with Gasteiger partial charge in [-0.1, -0.05) is 11.6 Å². The fraction of sp³-hybridized carbons (Fsp3) is 0.600. The minimum atomic E-state index is -2.86. The van der Waals surface area contributed by atoms with Gasteiger partial charge in [0.25, 0.3) is 0 Å². The molecule has 94 valence electrons. The van der Waals surface area contributed by atoms with Gasteiger partial charge in [-0.3, -0.25) is 4.90 Å². The first-order valence-corrected chi connectivity index (χ1v) is 7.59. The second-order valence-electron chi connectivity index (χ2n) is 4.28. The Hall–Kier alpha value is -0.720. The van der Waals surface area contributed by atoms with E-state index in [0.717, 1.165) is 5.69 Å². The van der Waals surface area contributed by atoms with Crippen molar-refractivity contribution in [3.8, 4) is 0 Å². The first kappa shape index (κ1) is 12.7. The van der Waals surface area contributed by atoms with E-state index in [9.17, 15) is 8.42 Å². The second kappa shape index (κ2) is 4.88. The van der Waals surface area contributed by atoms with E-state index in [1.807, 2.05) is 13.0 Å². The standard InChI is InChI=1S/C10H14ClN3O2S/c1-8-7-17(15,16)5-4-14(8)6-9-2-3-10(11)13-12-9/h2-3,8H,4-7H2,1H3. The highest BCUT2D eigenvalue weighted by molar-refractivity contribution is 7.91. The minimum Gasteiger partial charge on any atom is -0.293 e. The average molecular weight is 276 g/mol. The molecular weight excluding hydrogens is 262 g/mol. The van der Waals surface area contributed by atoms with Crippen LogP contribution in [0, 0.1) is 0 Å². The summed E-state index contributed by atoms with van der Waals surface area (Å²) < 4.78 is 22.9. The first-order valence-electron chi connectivity index (χ1n) is 5.39. The normalized spacial score (nSPS) is 24.7. The van der Waals surface area contributed by atoms with Gasteiger partial charge in [-0.05, 0) is 19.1 Å². The molecule has 7 heteroatoms. The van der Waals surface area contributed by atoms with E-state index < -0.39 is 9.84 Å². The van der Waals surface area contributed by atoms with Crippen molar-refractivity contribution < 1.29 is 8.42 Å². The molecule has 2 rings (SSSR count). The number of hydrogen-bond acceptors (Lipinski definition) is 5. The zero-order valence-corrected chi connectivity index (χ0v) is 11.1. The van der Waals surface area contributed by atoms with E-state index in [4.69, 9.17) is 11.6 Å². The van der Waals surface area contributed by atoms with Crippen molar-refractivity contribution in [2.24, 2.45) is 0 Å². The van der Waals surface area contributed by atoms with Gasteiger partial charge in [-0.25, -0.2) is 8.42 Å². The highest BCUT2D eigenvalue weighted by Crippen LogP contribution is 2.14. The van der Waals surface area contributed by atoms with Crippen molar-refractivity contribution in [1.29, 1.82) is 0 Å². The third-order valence-electron chi connectivity index (χ3n) is 2.86. The molecule has 1 fully saturated rings. The summed E-state index contributed by atoms with van der Waals surface area (Å²) in [6.07, 6.45) is 0. The Morgan fingerprint density at radius 3 is 2.82 bits per heavy atom. The minimum absolute atomic E-state index is 0.0197. The van der Waals surface area contributed by atoms with Gasteiger partial charge < -0.3 is 0 Å². The predicted molar refractivity (Wildman–Crippen MR) is 65.6 cm³/mol. The highest BCUT2D eigenvalue weighted by atomic mass is 35.5. The van der Waals surface area contributed by atoms with E-state index >= 15 is 0 Å². The van der Waals surface area contributed by atoms with Crippen LogP contribution in [0.1, 0.15) is 12.6 Å². The summed E-state index contributed by atoms with van der Waals surface area (Å²) in [6.45, 7) is 3.08. The average Bonchev–Trinajstić information content (AvgIpc) is 2.24. The van der Waals surface area contributed by atoms with Crippen molar-refractivity contribution in [2.45, 2.75) is 19.5 Å². The fourth-order valence-corrected chi connectivity index (χ4v) is 3.63. The lowest BCUT2D eigenvalue weighted by Crippen LogP contribution is -2.46. The summed E-state index contributed by atoms with van der Waals surface area (Å²) in [7, 11) is -2.86. The van der Waals surface area contributed by atoms with Crippen LogP contribution >= 0.6 is 11.6 Å². The molecule has 2 heterocycles. The number of rotatable bonds is 2. The van der Waals surface area contributed by atoms with Crippen LogP contribution < -0.4 is 0 Å². The van der Waals surface area contributed by atoms with Crippen LogP contribution in [0.25, 0.3) is 0 Å². The first-order chi connectivity index (χ1) is 7.96. The lowest BCUT2D eigenvalue weighted by atomic mass is 10.2. The molecule has 5 nitrogen and oxygen atoms in total. The molecule has 1 aliphatic heterocycles. The molecule has 1 saturated heterocycles. The molecule has 0 saturated carbocycles. The Balaban J connectivity index is 2.03. The smallest absolute Gasteiger partial charge is 0.153 e. The Labute approximate surface area is 106 Å². The van der Waals surface area contributed by atoms with Gasteiger partial charge in [0, 0.05) is 19.1 Å². The maximum absolute atomic E-state index is 11.4. The molecule has 0 aliphatic carbocycles. The topological polar surface area (TPSA) is 63.2 Å². The summed E-state index contributed by atoms with van der Waals surface area (Å²) in [5, 5.41) is 8.10. The van der Waals surface area contributed by atoms with Crippen LogP contribution in [0.5, 0.6) is 0 Å². The molecule has 1 atom stereocenters. The van der Waals surface area contributed by atoms with E-state index in [0.29, 0.717) is 18.2 Å². The number of sulfone groups is 1. The van der Waals surface area contributed by atoms with Gasteiger partial charge in [-0.2, -0.15) is 5.10 Å². The molecule has 0 aromatic carbocycles. The molecule has 0 bridgehead atoms. The molecule has 1 aromatic rings. The Bertz CT molecular complexity index is 489. The summed E-state index contributed by atoms with van der Waals surface area (Å²) in [5.41, 5.74) is 0.806. The molecule has 1 unspecified atom stereocenters. The molecule has 0 N–H and O–H groups in total. The molecule has 0 spiro atoms. The van der Waals surface area contributed by atoms with Crippen LogP contribution in [0.2, 0.25) is 5.15 Å². The van der Waals surface area contributed by atoms with E-state index in [-0.39, 0.29) is 17.5 Å². The van der Waals surface area contributed by atoms with Crippen molar-refractivity contribution in [2.75, 3.05) is 18.1 Å². The van der Waals surface area contributed by atoms with Gasteiger partial charge in [0.15, 0.2) is 15.0 Å². The predicted octanol–water partition coefficient (Wildman–Crippen LogP) is 0.749. The lowest BCUT2D eigenvalue weighted by Gasteiger charge is -2.32. The number of nitrogens with zero attached hydrogens (tertiary/aromatic N) is 3. The van der Waals surface area contributed by atoms with Gasteiger partial charge in [0.05, 0.1) is 17.2 Å². The Kier molecular flexibility index (Phi) is 3.65. The zero-order valence-electron chi connectivity index (χ0n) is 9.50. The summed E-state index contributed by atoms with van der Waals surface area (Å²) in [5.74, 6) is 0.437. The fourth-order valence-electron chi connectivity index (χ4n) is 1.90. The monoisotopic (exact) mass is 275 g/mol. The van der Waals surface area contributed by atoms with Crippen LogP contribution in [0.4, 0.5) is 0 Å². The quantitative estimate of drug-likeness (QED) is 0.797. The van der Waals surface area contributed by atoms with Gasteiger partial charge >= 0.3 is 0 Å². The van der Waals surface area contributed by atoms with Gasteiger partial charge in [0.1, 0.15) is 0 Å². The largest absolute Gasteiger partial charge is 0.293 e. The van der Waals surface area contributed by atoms with E-state index in [1.54, 1.807) is 6.07 Å². The Morgan fingerprint density at radius 2 is 2.24 bits per heavy atom. The molecule has 1 aromatic heterocycles. The molecule has 17 heavy (non-hydrogen) atoms. The van der Waals surface area contributed by atoms with Crippen molar-refractivity contribution in [1.82, 2.24) is 15.1 Å². The highest BCUT2D eigenvalue weighted by Gasteiger charge is 2.28. The van der Waals surface area contributed by atoms with E-state index in [2.05, 4.69) is 15.1 Å². The van der Waals surface area contributed by atoms with Crippen LogP contribution in [-0.2, 0) is 16.4 Å². The third kappa shape index (κ3) is 3.37. The molecule has 0 radical (unpaired) electrons. The summed E-state index contributed by atoms with van der Waals surface area (Å²) >= 11 is 5.65. The maximum atomic E-state index is 11.4. The van der Waals surface area contributed by atoms with Gasteiger partial charge in [0.2, 0.25) is 0 Å². The molecule has 0 amide bonds. The number of halogens is 1. The Morgan fingerprint density at radius 1 is 1.47 bits per heavy atom. The second-order valence-corrected chi connectivity index (χ2v) is 6.90. The number of hydrogen-bond donors (Lipinski definition) is 0. The van der Waals surface area contributed by atoms with Crippen molar-refractivity contribution >= 4 is 21.4 Å². The SMILES string of the molecule is CC1CS(=O)(=O)CCN1Cc1ccc(Cl)nn1. The maximum Gasteiger partial charge on any atom is 0.153 e. The van der Waals surface area contributed by atoms with Crippen LogP contribution in [0.3, 0.4) is 0 Å². The van der Waals surface area contributed by atoms with Crippen molar-refractivity contribution in [3.63, 3.8) is 0 Å². The zero-order chi connectivity index (χ0) is 12.5. The lowest BCUT2D eigenvalue weighted by molar-refractivity contribution is 0.215. The summed E-state index contributed by atoms with van der Waals surface area (Å²) in [4.78, 5) is 2.10.